The zero-order valence-corrected chi connectivity index (χ0v) is 10.9. The van der Waals surface area contributed by atoms with E-state index >= 15 is 0 Å². The van der Waals surface area contributed by atoms with E-state index in [9.17, 15) is 9.90 Å². The van der Waals surface area contributed by atoms with Gasteiger partial charge in [0.15, 0.2) is 5.43 Å². The van der Waals surface area contributed by atoms with E-state index in [4.69, 9.17) is 0 Å². The number of hydrogen-bond donors (Lipinski definition) is 2. The summed E-state index contributed by atoms with van der Waals surface area (Å²) in [6.45, 7) is 3.76. The fourth-order valence-electron chi connectivity index (χ4n) is 2.29. The number of hydrogen-bond acceptors (Lipinski definition) is 2. The first-order valence-corrected chi connectivity index (χ1v) is 6.47. The monoisotopic (exact) mass is 245 g/mol. The molecular weight excluding hydrogens is 226 g/mol. The number of H-pyrrole nitrogens is 1. The maximum atomic E-state index is 12.4. The summed E-state index contributed by atoms with van der Waals surface area (Å²) >= 11 is 0. The van der Waals surface area contributed by atoms with Crippen LogP contribution in [0.2, 0.25) is 0 Å². The van der Waals surface area contributed by atoms with Crippen LogP contribution < -0.4 is 5.43 Å². The second kappa shape index (κ2) is 5.36. The van der Waals surface area contributed by atoms with Gasteiger partial charge in [0.25, 0.3) is 0 Å². The molecule has 3 nitrogen and oxygen atoms in total. The Balaban J connectivity index is 2.67. The first-order valence-electron chi connectivity index (χ1n) is 6.47. The normalized spacial score (nSPS) is 12.8. The fourth-order valence-corrected chi connectivity index (χ4v) is 2.29. The topological polar surface area (TPSA) is 53.1 Å². The van der Waals surface area contributed by atoms with Crippen molar-refractivity contribution in [2.75, 3.05) is 0 Å². The molecular formula is C15H19NO2. The van der Waals surface area contributed by atoms with Crippen molar-refractivity contribution in [1.29, 1.82) is 0 Å². The lowest BCUT2D eigenvalue weighted by atomic mass is 10.0. The van der Waals surface area contributed by atoms with E-state index in [1.165, 1.54) is 0 Å². The van der Waals surface area contributed by atoms with E-state index in [1.807, 2.05) is 18.2 Å². The van der Waals surface area contributed by atoms with Gasteiger partial charge >= 0.3 is 0 Å². The molecule has 0 aliphatic heterocycles. The summed E-state index contributed by atoms with van der Waals surface area (Å²) in [5, 5.41) is 10.5. The molecule has 0 saturated carbocycles. The molecule has 0 aliphatic rings. The van der Waals surface area contributed by atoms with Crippen LogP contribution in [0, 0.1) is 0 Å². The molecule has 2 rings (SSSR count). The smallest absolute Gasteiger partial charge is 0.195 e. The predicted molar refractivity (Wildman–Crippen MR) is 73.8 cm³/mol. The van der Waals surface area contributed by atoms with Crippen LogP contribution in [0.3, 0.4) is 0 Å². The van der Waals surface area contributed by atoms with Crippen molar-refractivity contribution in [1.82, 2.24) is 4.98 Å². The van der Waals surface area contributed by atoms with Gasteiger partial charge in [-0.05, 0) is 31.9 Å². The number of pyridine rings is 1. The molecule has 2 N–H and O–H groups in total. The quantitative estimate of drug-likeness (QED) is 0.870. The number of fused-ring (bicyclic) bond motifs is 1. The van der Waals surface area contributed by atoms with E-state index in [-0.39, 0.29) is 5.43 Å². The van der Waals surface area contributed by atoms with Gasteiger partial charge in [-0.15, -0.1) is 0 Å². The van der Waals surface area contributed by atoms with Crippen LogP contribution in [0.25, 0.3) is 10.9 Å². The van der Waals surface area contributed by atoms with Gasteiger partial charge in [0.05, 0.1) is 6.10 Å². The summed E-state index contributed by atoms with van der Waals surface area (Å²) in [5.74, 6) is 0. The fraction of sp³-hybridized carbons (Fsp3) is 0.400. The molecule has 1 atom stereocenters. The number of rotatable bonds is 4. The highest BCUT2D eigenvalue weighted by Crippen LogP contribution is 2.18. The molecule has 0 amide bonds. The number of unbranched alkanes of at least 4 members (excludes halogenated alkanes) is 1. The molecule has 1 aromatic carbocycles. The van der Waals surface area contributed by atoms with Crippen molar-refractivity contribution < 1.29 is 5.11 Å². The lowest BCUT2D eigenvalue weighted by Gasteiger charge is -2.13. The molecule has 3 heteroatoms. The number of benzene rings is 1. The average Bonchev–Trinajstić information content (AvgIpc) is 2.36. The van der Waals surface area contributed by atoms with Crippen molar-refractivity contribution in [3.63, 3.8) is 0 Å². The molecule has 0 fully saturated rings. The summed E-state index contributed by atoms with van der Waals surface area (Å²) in [7, 11) is 0. The number of para-hydroxylation sites is 1. The van der Waals surface area contributed by atoms with Crippen molar-refractivity contribution in [3.05, 3.63) is 45.7 Å². The molecule has 1 aromatic heterocycles. The summed E-state index contributed by atoms with van der Waals surface area (Å²) in [6, 6.07) is 7.45. The largest absolute Gasteiger partial charge is 0.388 e. The van der Waals surface area contributed by atoms with Crippen LogP contribution >= 0.6 is 0 Å². The Kier molecular flexibility index (Phi) is 3.82. The van der Waals surface area contributed by atoms with Crippen molar-refractivity contribution in [2.24, 2.45) is 0 Å². The highest BCUT2D eigenvalue weighted by atomic mass is 16.3. The number of aryl methyl sites for hydroxylation is 1. The molecule has 1 unspecified atom stereocenters. The van der Waals surface area contributed by atoms with Crippen molar-refractivity contribution >= 4 is 10.9 Å². The van der Waals surface area contributed by atoms with Gasteiger partial charge in [0.1, 0.15) is 0 Å². The van der Waals surface area contributed by atoms with Crippen LogP contribution in [0.1, 0.15) is 44.1 Å². The lowest BCUT2D eigenvalue weighted by Crippen LogP contribution is -2.17. The second-order valence-corrected chi connectivity index (χ2v) is 4.67. The molecule has 0 saturated heterocycles. The maximum Gasteiger partial charge on any atom is 0.195 e. The summed E-state index contributed by atoms with van der Waals surface area (Å²) in [6.07, 6.45) is 2.14. The third-order valence-corrected chi connectivity index (χ3v) is 3.23. The van der Waals surface area contributed by atoms with Gasteiger partial charge in [-0.3, -0.25) is 4.79 Å². The molecule has 96 valence electrons. The van der Waals surface area contributed by atoms with Crippen LogP contribution in [0.4, 0.5) is 0 Å². The minimum atomic E-state index is -0.731. The zero-order valence-electron chi connectivity index (χ0n) is 10.9. The third kappa shape index (κ3) is 2.31. The van der Waals surface area contributed by atoms with Crippen LogP contribution in [-0.4, -0.2) is 10.1 Å². The molecule has 18 heavy (non-hydrogen) atoms. The Morgan fingerprint density at radius 3 is 2.72 bits per heavy atom. The Morgan fingerprint density at radius 2 is 2.06 bits per heavy atom. The maximum absolute atomic E-state index is 12.4. The Hall–Kier alpha value is -1.61. The highest BCUT2D eigenvalue weighted by Gasteiger charge is 2.15. The summed E-state index contributed by atoms with van der Waals surface area (Å²) in [4.78, 5) is 15.7. The number of aliphatic hydroxyl groups is 1. The molecule has 2 aromatic rings. The van der Waals surface area contributed by atoms with E-state index in [2.05, 4.69) is 11.9 Å². The molecule has 0 bridgehead atoms. The second-order valence-electron chi connectivity index (χ2n) is 4.67. The first kappa shape index (κ1) is 12.8. The number of aliphatic hydroxyl groups excluding tert-OH is 1. The van der Waals surface area contributed by atoms with Gasteiger partial charge in [0.2, 0.25) is 0 Å². The third-order valence-electron chi connectivity index (χ3n) is 3.23. The minimum absolute atomic E-state index is 0.0505. The van der Waals surface area contributed by atoms with Crippen molar-refractivity contribution in [2.45, 2.75) is 39.2 Å². The van der Waals surface area contributed by atoms with Crippen LogP contribution in [0.5, 0.6) is 0 Å². The van der Waals surface area contributed by atoms with Crippen LogP contribution in [0.15, 0.2) is 29.1 Å². The highest BCUT2D eigenvalue weighted by molar-refractivity contribution is 5.79. The Labute approximate surface area is 106 Å². The predicted octanol–water partition coefficient (Wildman–Crippen LogP) is 2.92. The lowest BCUT2D eigenvalue weighted by molar-refractivity contribution is 0.196. The zero-order chi connectivity index (χ0) is 13.1. The van der Waals surface area contributed by atoms with Gasteiger partial charge < -0.3 is 10.1 Å². The van der Waals surface area contributed by atoms with Gasteiger partial charge in [-0.1, -0.05) is 25.5 Å². The molecule has 1 heterocycles. The van der Waals surface area contributed by atoms with Crippen LogP contribution in [-0.2, 0) is 6.42 Å². The molecule has 0 spiro atoms. The Morgan fingerprint density at radius 1 is 1.33 bits per heavy atom. The summed E-state index contributed by atoms with van der Waals surface area (Å²) in [5.41, 5.74) is 2.18. The average molecular weight is 245 g/mol. The van der Waals surface area contributed by atoms with Gasteiger partial charge in [-0.2, -0.15) is 0 Å². The van der Waals surface area contributed by atoms with E-state index in [0.717, 1.165) is 30.5 Å². The number of nitrogens with one attached hydrogen (secondary N) is 1. The van der Waals surface area contributed by atoms with Gasteiger partial charge in [0, 0.05) is 22.2 Å². The SMILES string of the molecule is CCCCc1[nH]c2ccccc2c(=O)c1C(C)O. The van der Waals surface area contributed by atoms with E-state index in [1.54, 1.807) is 13.0 Å². The van der Waals surface area contributed by atoms with E-state index < -0.39 is 6.10 Å². The summed E-state index contributed by atoms with van der Waals surface area (Å²) < 4.78 is 0. The number of aromatic amines is 1. The molecule has 0 aliphatic carbocycles. The van der Waals surface area contributed by atoms with Crippen molar-refractivity contribution in [3.8, 4) is 0 Å². The molecule has 0 radical (unpaired) electrons. The standard InChI is InChI=1S/C15H19NO2/c1-3-4-8-13-14(10(2)17)15(18)11-7-5-6-9-12(11)16-13/h5-7,9-10,17H,3-4,8H2,1-2H3,(H,16,18). The Bertz CT molecular complexity index is 599. The van der Waals surface area contributed by atoms with Gasteiger partial charge in [-0.25, -0.2) is 0 Å². The minimum Gasteiger partial charge on any atom is -0.388 e. The first-order chi connectivity index (χ1) is 8.65. The number of aromatic nitrogens is 1. The van der Waals surface area contributed by atoms with E-state index in [0.29, 0.717) is 10.9 Å².